The van der Waals surface area contributed by atoms with Crippen LogP contribution in [0, 0.1) is 17.5 Å². The van der Waals surface area contributed by atoms with Crippen LogP contribution in [0.1, 0.15) is 15.9 Å². The predicted molar refractivity (Wildman–Crippen MR) is 95.5 cm³/mol. The van der Waals surface area contributed by atoms with Crippen LogP contribution in [0.25, 0.3) is 0 Å². The number of nitrogens with one attached hydrogen (secondary N) is 1. The average molecular weight is 393 g/mol. The Balaban J connectivity index is 1.87. The zero-order valence-electron chi connectivity index (χ0n) is 13.7. The van der Waals surface area contributed by atoms with Crippen molar-refractivity contribution < 1.29 is 18.0 Å². The molecule has 0 saturated carbocycles. The molecule has 138 valence electrons. The van der Waals surface area contributed by atoms with E-state index >= 15 is 0 Å². The first kappa shape index (κ1) is 18.7. The van der Waals surface area contributed by atoms with Crippen LogP contribution in [-0.2, 0) is 6.54 Å². The van der Waals surface area contributed by atoms with E-state index in [0.717, 1.165) is 6.07 Å². The highest BCUT2D eigenvalue weighted by Gasteiger charge is 2.16. The van der Waals surface area contributed by atoms with Crippen LogP contribution < -0.4 is 10.9 Å². The van der Waals surface area contributed by atoms with E-state index in [9.17, 15) is 22.8 Å². The number of carbonyl (C=O) groups is 1. The summed E-state index contributed by atoms with van der Waals surface area (Å²) in [5.41, 5.74) is -0.176. The number of rotatable bonds is 4. The fourth-order valence-corrected chi connectivity index (χ4v) is 2.61. The summed E-state index contributed by atoms with van der Waals surface area (Å²) in [6.45, 7) is 0.124. The van der Waals surface area contributed by atoms with E-state index in [1.54, 1.807) is 24.3 Å². The predicted octanol–water partition coefficient (Wildman–Crippen LogP) is 4.22. The highest BCUT2D eigenvalue weighted by atomic mass is 35.5. The van der Waals surface area contributed by atoms with Crippen LogP contribution >= 0.6 is 11.6 Å². The van der Waals surface area contributed by atoms with Gasteiger partial charge in [0.05, 0.1) is 17.8 Å². The maximum atomic E-state index is 13.7. The first-order valence-electron chi connectivity index (χ1n) is 7.75. The second-order valence-corrected chi connectivity index (χ2v) is 6.06. The van der Waals surface area contributed by atoms with Crippen LogP contribution in [0.5, 0.6) is 0 Å². The van der Waals surface area contributed by atoms with E-state index < -0.39 is 29.0 Å². The standard InChI is InChI=1S/C19H12ClF3N2O2/c20-13-4-2-1-3-11(13)9-25-10-12(5-8-16(25)26)19(27)24-15-7-6-14(21)17(22)18(15)23/h1-8,10H,9H2,(H,24,27). The van der Waals surface area contributed by atoms with Crippen LogP contribution in [0.3, 0.4) is 0 Å². The van der Waals surface area contributed by atoms with Crippen molar-refractivity contribution in [2.75, 3.05) is 5.32 Å². The Morgan fingerprint density at radius 2 is 1.74 bits per heavy atom. The lowest BCUT2D eigenvalue weighted by Gasteiger charge is -2.11. The molecule has 4 nitrogen and oxygen atoms in total. The molecule has 3 aromatic rings. The minimum Gasteiger partial charge on any atom is -0.319 e. The molecule has 3 rings (SSSR count). The smallest absolute Gasteiger partial charge is 0.257 e. The molecule has 1 aromatic heterocycles. The van der Waals surface area contributed by atoms with Crippen molar-refractivity contribution in [1.29, 1.82) is 0 Å². The molecule has 0 atom stereocenters. The third-order valence-electron chi connectivity index (χ3n) is 3.83. The third-order valence-corrected chi connectivity index (χ3v) is 4.20. The normalized spacial score (nSPS) is 10.7. The lowest BCUT2D eigenvalue weighted by molar-refractivity contribution is 0.102. The quantitative estimate of drug-likeness (QED) is 0.676. The van der Waals surface area contributed by atoms with Crippen LogP contribution in [0.4, 0.5) is 18.9 Å². The van der Waals surface area contributed by atoms with Gasteiger partial charge in [0.1, 0.15) is 0 Å². The molecule has 0 unspecified atom stereocenters. The Morgan fingerprint density at radius 1 is 1.00 bits per heavy atom. The summed E-state index contributed by atoms with van der Waals surface area (Å²) in [4.78, 5) is 24.4. The summed E-state index contributed by atoms with van der Waals surface area (Å²) in [5, 5.41) is 2.62. The summed E-state index contributed by atoms with van der Waals surface area (Å²) >= 11 is 6.08. The van der Waals surface area contributed by atoms with E-state index in [2.05, 4.69) is 5.32 Å². The minimum absolute atomic E-state index is 0.0331. The van der Waals surface area contributed by atoms with Crippen LogP contribution in [-0.4, -0.2) is 10.5 Å². The number of halogens is 4. The monoisotopic (exact) mass is 392 g/mol. The maximum absolute atomic E-state index is 13.7. The number of benzene rings is 2. The lowest BCUT2D eigenvalue weighted by Crippen LogP contribution is -2.23. The Morgan fingerprint density at radius 3 is 2.48 bits per heavy atom. The van der Waals surface area contributed by atoms with E-state index in [0.29, 0.717) is 16.7 Å². The van der Waals surface area contributed by atoms with Crippen LogP contribution in [0.2, 0.25) is 5.02 Å². The minimum atomic E-state index is -1.68. The highest BCUT2D eigenvalue weighted by molar-refractivity contribution is 6.31. The number of nitrogens with zero attached hydrogens (tertiary/aromatic N) is 1. The number of pyridine rings is 1. The number of aromatic nitrogens is 1. The molecule has 1 heterocycles. The Labute approximate surface area is 156 Å². The molecule has 1 N–H and O–H groups in total. The van der Waals surface area contributed by atoms with Gasteiger partial charge in [-0.05, 0) is 29.8 Å². The maximum Gasteiger partial charge on any atom is 0.257 e. The number of amides is 1. The van der Waals surface area contributed by atoms with Crippen LogP contribution in [0.15, 0.2) is 59.5 Å². The molecule has 0 bridgehead atoms. The van der Waals surface area contributed by atoms with Gasteiger partial charge in [0, 0.05) is 17.3 Å². The topological polar surface area (TPSA) is 51.1 Å². The van der Waals surface area contributed by atoms with Crippen molar-refractivity contribution in [3.63, 3.8) is 0 Å². The molecule has 0 fully saturated rings. The van der Waals surface area contributed by atoms with Gasteiger partial charge in [-0.25, -0.2) is 13.2 Å². The van der Waals surface area contributed by atoms with Gasteiger partial charge in [-0.15, -0.1) is 0 Å². The van der Waals surface area contributed by atoms with Gasteiger partial charge >= 0.3 is 0 Å². The molecule has 8 heteroatoms. The van der Waals surface area contributed by atoms with Gasteiger partial charge in [0.25, 0.3) is 11.5 Å². The van der Waals surface area contributed by atoms with E-state index in [-0.39, 0.29) is 17.7 Å². The van der Waals surface area contributed by atoms with Crippen molar-refractivity contribution in [2.24, 2.45) is 0 Å². The Hall–Kier alpha value is -3.06. The zero-order chi connectivity index (χ0) is 19.6. The second kappa shape index (κ2) is 7.67. The molecule has 0 saturated heterocycles. The third kappa shape index (κ3) is 4.03. The van der Waals surface area contributed by atoms with Crippen molar-refractivity contribution in [1.82, 2.24) is 4.57 Å². The molecule has 0 aliphatic rings. The molecule has 1 amide bonds. The van der Waals surface area contributed by atoms with Gasteiger partial charge in [-0.3, -0.25) is 9.59 Å². The van der Waals surface area contributed by atoms with E-state index in [1.807, 2.05) is 0 Å². The molecule has 0 radical (unpaired) electrons. The number of hydrogen-bond acceptors (Lipinski definition) is 2. The fraction of sp³-hybridized carbons (Fsp3) is 0.0526. The first-order chi connectivity index (χ1) is 12.9. The van der Waals surface area contributed by atoms with Gasteiger partial charge in [-0.1, -0.05) is 29.8 Å². The fourth-order valence-electron chi connectivity index (χ4n) is 2.42. The zero-order valence-corrected chi connectivity index (χ0v) is 14.4. The number of carbonyl (C=O) groups excluding carboxylic acids is 1. The molecular formula is C19H12ClF3N2O2. The summed E-state index contributed by atoms with van der Waals surface area (Å²) in [5.74, 6) is -5.34. The van der Waals surface area contributed by atoms with Crippen molar-refractivity contribution in [3.05, 3.63) is 98.7 Å². The van der Waals surface area contributed by atoms with Gasteiger partial charge in [0.2, 0.25) is 0 Å². The SMILES string of the molecule is O=C(Nc1ccc(F)c(F)c1F)c1ccc(=O)n(Cc2ccccc2Cl)c1. The average Bonchev–Trinajstić information content (AvgIpc) is 2.65. The molecule has 2 aromatic carbocycles. The van der Waals surface area contributed by atoms with E-state index in [1.165, 1.54) is 22.9 Å². The van der Waals surface area contributed by atoms with Gasteiger partial charge in [0.15, 0.2) is 17.5 Å². The molecule has 27 heavy (non-hydrogen) atoms. The second-order valence-electron chi connectivity index (χ2n) is 5.65. The number of anilines is 1. The van der Waals surface area contributed by atoms with Crippen molar-refractivity contribution in [3.8, 4) is 0 Å². The van der Waals surface area contributed by atoms with E-state index in [4.69, 9.17) is 11.6 Å². The van der Waals surface area contributed by atoms with Crippen molar-refractivity contribution in [2.45, 2.75) is 6.54 Å². The number of hydrogen-bond donors (Lipinski definition) is 1. The summed E-state index contributed by atoms with van der Waals surface area (Å²) < 4.78 is 41.2. The van der Waals surface area contributed by atoms with Gasteiger partial charge < -0.3 is 9.88 Å². The largest absolute Gasteiger partial charge is 0.319 e. The Bertz CT molecular complexity index is 1080. The lowest BCUT2D eigenvalue weighted by atomic mass is 10.2. The Kier molecular flexibility index (Phi) is 5.32. The molecule has 0 aliphatic carbocycles. The summed E-state index contributed by atoms with van der Waals surface area (Å²) in [6, 6.07) is 10.9. The first-order valence-corrected chi connectivity index (χ1v) is 8.13. The summed E-state index contributed by atoms with van der Waals surface area (Å²) in [7, 11) is 0. The molecular weight excluding hydrogens is 381 g/mol. The van der Waals surface area contributed by atoms with Gasteiger partial charge in [-0.2, -0.15) is 0 Å². The highest BCUT2D eigenvalue weighted by Crippen LogP contribution is 2.20. The molecule has 0 spiro atoms. The summed E-state index contributed by atoms with van der Waals surface area (Å²) in [6.07, 6.45) is 1.28. The van der Waals surface area contributed by atoms with Crippen molar-refractivity contribution >= 4 is 23.2 Å². The molecule has 0 aliphatic heterocycles.